The van der Waals surface area contributed by atoms with Gasteiger partial charge in [-0.3, -0.25) is 4.79 Å². The van der Waals surface area contributed by atoms with Gasteiger partial charge in [0, 0.05) is 6.92 Å². The Bertz CT molecular complexity index is 111. The second kappa shape index (κ2) is 2.80. The van der Waals surface area contributed by atoms with E-state index in [0.29, 0.717) is 0 Å². The average molecular weight is 133 g/mol. The zero-order valence-electron chi connectivity index (χ0n) is 5.76. The zero-order valence-corrected chi connectivity index (χ0v) is 5.76. The van der Waals surface area contributed by atoms with Crippen molar-refractivity contribution >= 4 is 5.97 Å². The highest BCUT2D eigenvalue weighted by atomic mass is 16.6. The number of esters is 1. The summed E-state index contributed by atoms with van der Waals surface area (Å²) in [6.07, 6.45) is 0. The summed E-state index contributed by atoms with van der Waals surface area (Å²) in [6, 6.07) is 0. The van der Waals surface area contributed by atoms with E-state index in [4.69, 9.17) is 5.21 Å². The van der Waals surface area contributed by atoms with Crippen LogP contribution in [0.25, 0.3) is 0 Å². The predicted molar refractivity (Wildman–Crippen MR) is 30.8 cm³/mol. The fraction of sp³-hybridized carbons (Fsp3) is 0.800. The predicted octanol–water partition coefficient (Wildman–Crippen LogP) is 0.264. The average Bonchev–Trinajstić information content (AvgIpc) is 1.63. The first-order valence-corrected chi connectivity index (χ1v) is 2.59. The lowest BCUT2D eigenvalue weighted by molar-refractivity contribution is -0.168. The van der Waals surface area contributed by atoms with Crippen molar-refractivity contribution in [3.63, 3.8) is 0 Å². The lowest BCUT2D eigenvalue weighted by Crippen LogP contribution is -2.40. The minimum Gasteiger partial charge on any atom is -0.443 e. The van der Waals surface area contributed by atoms with E-state index < -0.39 is 11.7 Å². The Labute approximate surface area is 53.8 Å². The Morgan fingerprint density at radius 1 is 1.67 bits per heavy atom. The van der Waals surface area contributed by atoms with Gasteiger partial charge in [-0.1, -0.05) is 0 Å². The molecule has 0 rings (SSSR count). The SMILES string of the molecule is CC(=O)OC(C)(C)NO. The smallest absolute Gasteiger partial charge is 0.304 e. The molecule has 0 aromatic rings. The van der Waals surface area contributed by atoms with Gasteiger partial charge in [-0.15, -0.1) is 0 Å². The highest BCUT2D eigenvalue weighted by Gasteiger charge is 2.18. The molecule has 9 heavy (non-hydrogen) atoms. The normalized spacial score (nSPS) is 11.1. The van der Waals surface area contributed by atoms with Crippen LogP contribution >= 0.6 is 0 Å². The van der Waals surface area contributed by atoms with Gasteiger partial charge in [-0.25, -0.2) is 0 Å². The molecule has 0 fully saturated rings. The van der Waals surface area contributed by atoms with Gasteiger partial charge in [-0.2, -0.15) is 5.48 Å². The topological polar surface area (TPSA) is 58.6 Å². The van der Waals surface area contributed by atoms with Gasteiger partial charge in [0.05, 0.1) is 0 Å². The largest absolute Gasteiger partial charge is 0.443 e. The summed E-state index contributed by atoms with van der Waals surface area (Å²) in [7, 11) is 0. The maximum Gasteiger partial charge on any atom is 0.304 e. The van der Waals surface area contributed by atoms with E-state index in [9.17, 15) is 4.79 Å². The van der Waals surface area contributed by atoms with Crippen LogP contribution in [-0.2, 0) is 9.53 Å². The lowest BCUT2D eigenvalue weighted by atomic mass is 10.3. The van der Waals surface area contributed by atoms with Crippen LogP contribution in [0.3, 0.4) is 0 Å². The first-order valence-electron chi connectivity index (χ1n) is 2.59. The van der Waals surface area contributed by atoms with Crippen molar-refractivity contribution in [2.24, 2.45) is 0 Å². The second-order valence-corrected chi connectivity index (χ2v) is 2.22. The number of rotatable bonds is 2. The fourth-order valence-electron chi connectivity index (χ4n) is 0.382. The van der Waals surface area contributed by atoms with Gasteiger partial charge in [0.2, 0.25) is 0 Å². The first-order chi connectivity index (χ1) is 3.98. The second-order valence-electron chi connectivity index (χ2n) is 2.22. The maximum atomic E-state index is 10.2. The summed E-state index contributed by atoms with van der Waals surface area (Å²) in [5.41, 5.74) is 0.849. The van der Waals surface area contributed by atoms with Crippen LogP contribution < -0.4 is 5.48 Å². The van der Waals surface area contributed by atoms with Gasteiger partial charge in [0.15, 0.2) is 5.72 Å². The molecule has 54 valence electrons. The van der Waals surface area contributed by atoms with Crippen molar-refractivity contribution in [3.05, 3.63) is 0 Å². The van der Waals surface area contributed by atoms with E-state index in [2.05, 4.69) is 4.74 Å². The van der Waals surface area contributed by atoms with Gasteiger partial charge < -0.3 is 9.94 Å². The van der Waals surface area contributed by atoms with Gasteiger partial charge in [0.1, 0.15) is 0 Å². The molecule has 0 aromatic carbocycles. The van der Waals surface area contributed by atoms with Crippen LogP contribution in [0.4, 0.5) is 0 Å². The molecule has 0 bridgehead atoms. The van der Waals surface area contributed by atoms with E-state index in [1.807, 2.05) is 5.48 Å². The van der Waals surface area contributed by atoms with Crippen LogP contribution in [0.1, 0.15) is 20.8 Å². The molecule has 0 aliphatic carbocycles. The number of carbonyl (C=O) groups excluding carboxylic acids is 1. The molecule has 4 heteroatoms. The summed E-state index contributed by atoms with van der Waals surface area (Å²) in [6.45, 7) is 4.35. The number of carbonyl (C=O) groups is 1. The molecule has 0 aliphatic heterocycles. The third kappa shape index (κ3) is 3.93. The minimum atomic E-state index is -0.980. The van der Waals surface area contributed by atoms with Gasteiger partial charge in [0.25, 0.3) is 0 Å². The number of ether oxygens (including phenoxy) is 1. The summed E-state index contributed by atoms with van der Waals surface area (Å²) in [4.78, 5) is 10.2. The quantitative estimate of drug-likeness (QED) is 0.322. The Hall–Kier alpha value is -0.610. The molecule has 0 aromatic heterocycles. The molecule has 0 radical (unpaired) electrons. The summed E-state index contributed by atoms with van der Waals surface area (Å²) < 4.78 is 4.59. The van der Waals surface area contributed by atoms with Gasteiger partial charge in [-0.05, 0) is 13.8 Å². The Kier molecular flexibility index (Phi) is 2.61. The Balaban J connectivity index is 3.71. The monoisotopic (exact) mass is 133 g/mol. The third-order valence-electron chi connectivity index (χ3n) is 0.668. The standard InChI is InChI=1S/C5H11NO3/c1-4(7)9-5(2,3)6-8/h6,8H,1-3H3. The summed E-state index contributed by atoms with van der Waals surface area (Å²) in [5.74, 6) is -0.429. The van der Waals surface area contributed by atoms with Crippen LogP contribution in [0, 0.1) is 0 Å². The van der Waals surface area contributed by atoms with Gasteiger partial charge >= 0.3 is 5.97 Å². The molecule has 0 aliphatic rings. The highest BCUT2D eigenvalue weighted by molar-refractivity contribution is 5.66. The van der Waals surface area contributed by atoms with Crippen LogP contribution in [-0.4, -0.2) is 16.9 Å². The van der Waals surface area contributed by atoms with Crippen molar-refractivity contribution in [3.8, 4) is 0 Å². The molecular weight excluding hydrogens is 122 g/mol. The van der Waals surface area contributed by atoms with Crippen molar-refractivity contribution < 1.29 is 14.7 Å². The minimum absolute atomic E-state index is 0.429. The number of hydroxylamine groups is 1. The molecular formula is C5H11NO3. The summed E-state index contributed by atoms with van der Waals surface area (Å²) in [5, 5.41) is 8.32. The molecule has 0 spiro atoms. The Morgan fingerprint density at radius 2 is 2.11 bits per heavy atom. The third-order valence-corrected chi connectivity index (χ3v) is 0.668. The van der Waals surface area contributed by atoms with Crippen LogP contribution in [0.15, 0.2) is 0 Å². The number of hydrogen-bond acceptors (Lipinski definition) is 4. The lowest BCUT2D eigenvalue weighted by Gasteiger charge is -2.21. The molecule has 4 nitrogen and oxygen atoms in total. The molecule has 0 atom stereocenters. The molecule has 0 amide bonds. The Morgan fingerprint density at radius 3 is 2.22 bits per heavy atom. The molecule has 2 N–H and O–H groups in total. The molecule has 0 saturated heterocycles. The fourth-order valence-corrected chi connectivity index (χ4v) is 0.382. The van der Waals surface area contributed by atoms with Crippen LogP contribution in [0.2, 0.25) is 0 Å². The number of hydrogen-bond donors (Lipinski definition) is 2. The van der Waals surface area contributed by atoms with E-state index in [1.165, 1.54) is 20.8 Å². The zero-order chi connectivity index (χ0) is 7.49. The highest BCUT2D eigenvalue weighted by Crippen LogP contribution is 2.01. The molecule has 0 unspecified atom stereocenters. The van der Waals surface area contributed by atoms with E-state index >= 15 is 0 Å². The van der Waals surface area contributed by atoms with Crippen molar-refractivity contribution in [1.82, 2.24) is 5.48 Å². The van der Waals surface area contributed by atoms with Crippen molar-refractivity contribution in [2.75, 3.05) is 0 Å². The van der Waals surface area contributed by atoms with Crippen molar-refractivity contribution in [1.29, 1.82) is 0 Å². The first kappa shape index (κ1) is 8.39. The van der Waals surface area contributed by atoms with E-state index in [1.54, 1.807) is 0 Å². The molecule has 0 saturated carbocycles. The van der Waals surface area contributed by atoms with Crippen LogP contribution in [0.5, 0.6) is 0 Å². The van der Waals surface area contributed by atoms with E-state index in [0.717, 1.165) is 0 Å². The molecule has 0 heterocycles. The van der Waals surface area contributed by atoms with Crippen molar-refractivity contribution in [2.45, 2.75) is 26.5 Å². The summed E-state index contributed by atoms with van der Waals surface area (Å²) >= 11 is 0. The van der Waals surface area contributed by atoms with E-state index in [-0.39, 0.29) is 0 Å². The number of nitrogens with one attached hydrogen (secondary N) is 1. The maximum absolute atomic E-state index is 10.2.